The first-order chi connectivity index (χ1) is 24.3. The Bertz CT molecular complexity index is 2140. The number of halogens is 1. The van der Waals surface area contributed by atoms with Crippen LogP contribution >= 0.6 is 11.6 Å². The Morgan fingerprint density at radius 2 is 1.46 bits per heavy atom. The van der Waals surface area contributed by atoms with Crippen molar-refractivity contribution in [3.63, 3.8) is 0 Å². The quantitative estimate of drug-likeness (QED) is 0.164. The number of fused-ring (bicyclic) bond motifs is 1. The van der Waals surface area contributed by atoms with Crippen molar-refractivity contribution in [1.29, 1.82) is 5.26 Å². The fourth-order valence-corrected chi connectivity index (χ4v) is 7.39. The SMILES string of the molecule is C[C@@H]1CC[C@@H](C(=O)Nc2nn(C(c3ccccc3)(c3ccccc3)c3ccccc3)c3ccc(-c4cc(C#N)ccc4Cl)cc23)CN1C(=O)O. The number of benzene rings is 5. The van der Waals surface area contributed by atoms with E-state index in [2.05, 4.69) is 47.8 Å². The number of aromatic nitrogens is 2. The van der Waals surface area contributed by atoms with Crippen LogP contribution in [0.1, 0.15) is 42.0 Å². The Labute approximate surface area is 295 Å². The number of rotatable bonds is 7. The minimum absolute atomic E-state index is 0.102. The summed E-state index contributed by atoms with van der Waals surface area (Å²) in [4.78, 5) is 27.3. The van der Waals surface area contributed by atoms with Crippen LogP contribution in [-0.4, -0.2) is 44.4 Å². The molecule has 0 spiro atoms. The van der Waals surface area contributed by atoms with E-state index in [4.69, 9.17) is 16.7 Å². The molecular weight excluding hydrogens is 646 g/mol. The number of carbonyl (C=O) groups excluding carboxylic acids is 1. The lowest BCUT2D eigenvalue weighted by Crippen LogP contribution is -2.47. The topological polar surface area (TPSA) is 111 Å². The molecule has 2 atom stereocenters. The molecule has 1 aliphatic rings. The smallest absolute Gasteiger partial charge is 0.407 e. The molecule has 9 heteroatoms. The molecular formula is C41H34ClN5O3. The van der Waals surface area contributed by atoms with Crippen LogP contribution in [0.15, 0.2) is 127 Å². The summed E-state index contributed by atoms with van der Waals surface area (Å²) in [6.07, 6.45) is 0.0970. The fraction of sp³-hybridized carbons (Fsp3) is 0.171. The highest BCUT2D eigenvalue weighted by atomic mass is 35.5. The first-order valence-corrected chi connectivity index (χ1v) is 16.9. The van der Waals surface area contributed by atoms with Gasteiger partial charge >= 0.3 is 6.09 Å². The van der Waals surface area contributed by atoms with Crippen LogP contribution in [0, 0.1) is 17.2 Å². The van der Waals surface area contributed by atoms with Crippen molar-refractivity contribution in [2.45, 2.75) is 31.3 Å². The lowest BCUT2D eigenvalue weighted by Gasteiger charge is -2.37. The van der Waals surface area contributed by atoms with Gasteiger partial charge in [-0.2, -0.15) is 10.4 Å². The van der Waals surface area contributed by atoms with Crippen molar-refractivity contribution in [2.75, 3.05) is 11.9 Å². The molecule has 2 amide bonds. The third-order valence-corrected chi connectivity index (χ3v) is 10.0. The number of anilines is 1. The normalized spacial score (nSPS) is 16.1. The van der Waals surface area contributed by atoms with E-state index in [1.807, 2.05) is 84.4 Å². The number of carbonyl (C=O) groups is 2. The summed E-state index contributed by atoms with van der Waals surface area (Å²) in [6, 6.07) is 43.5. The lowest BCUT2D eigenvalue weighted by atomic mass is 9.77. The molecule has 6 aromatic rings. The van der Waals surface area contributed by atoms with Crippen LogP contribution < -0.4 is 5.32 Å². The van der Waals surface area contributed by atoms with E-state index >= 15 is 0 Å². The van der Waals surface area contributed by atoms with Crippen molar-refractivity contribution in [2.24, 2.45) is 5.92 Å². The molecule has 8 nitrogen and oxygen atoms in total. The number of carboxylic acid groups (broad SMARTS) is 1. The molecule has 2 heterocycles. The zero-order chi connectivity index (χ0) is 34.8. The van der Waals surface area contributed by atoms with E-state index in [0.717, 1.165) is 27.8 Å². The molecule has 50 heavy (non-hydrogen) atoms. The van der Waals surface area contributed by atoms with E-state index < -0.39 is 17.6 Å². The number of likely N-dealkylation sites (tertiary alicyclic amines) is 1. The predicted octanol–water partition coefficient (Wildman–Crippen LogP) is 8.79. The summed E-state index contributed by atoms with van der Waals surface area (Å²) >= 11 is 6.68. The van der Waals surface area contributed by atoms with Gasteiger partial charge in [0.1, 0.15) is 5.54 Å². The van der Waals surface area contributed by atoms with E-state index in [-0.39, 0.29) is 18.5 Å². The molecule has 248 valence electrons. The maximum atomic E-state index is 14.0. The minimum atomic E-state index is -1.04. The highest BCUT2D eigenvalue weighted by Gasteiger charge is 2.41. The van der Waals surface area contributed by atoms with E-state index in [1.165, 1.54) is 4.90 Å². The molecule has 1 fully saturated rings. The average Bonchev–Trinajstić information content (AvgIpc) is 3.50. The van der Waals surface area contributed by atoms with Gasteiger partial charge in [0.15, 0.2) is 5.82 Å². The number of nitrogens with zero attached hydrogens (tertiary/aromatic N) is 4. The molecule has 1 aliphatic heterocycles. The van der Waals surface area contributed by atoms with Gasteiger partial charge in [-0.05, 0) is 72.4 Å². The third kappa shape index (κ3) is 5.76. The van der Waals surface area contributed by atoms with E-state index in [0.29, 0.717) is 40.2 Å². The standard InChI is InChI=1S/C41H34ClN5O3/c1-27-17-19-30(26-46(27)40(49)50)39(48)44-38-35-24-29(34-23-28(25-43)18-21-36(34)42)20-22-37(35)47(45-38)41(31-11-5-2-6-12-31,32-13-7-3-8-14-32)33-15-9-4-10-16-33/h2-16,18,20-24,27,30H,17,19,26H2,1H3,(H,49,50)(H,44,45,48)/t27-,30-/m1/s1. The second-order valence-electron chi connectivity index (χ2n) is 12.7. The van der Waals surface area contributed by atoms with E-state index in [1.54, 1.807) is 18.2 Å². The molecule has 1 aromatic heterocycles. The van der Waals surface area contributed by atoms with Gasteiger partial charge in [0.25, 0.3) is 0 Å². The van der Waals surface area contributed by atoms with Gasteiger partial charge in [-0.1, -0.05) is 109 Å². The Kier molecular flexibility index (Phi) is 8.83. The van der Waals surface area contributed by atoms with Gasteiger partial charge in [-0.3, -0.25) is 4.79 Å². The molecule has 5 aromatic carbocycles. The van der Waals surface area contributed by atoms with Gasteiger partial charge in [0, 0.05) is 28.6 Å². The number of hydrogen-bond acceptors (Lipinski definition) is 4. The van der Waals surface area contributed by atoms with Crippen LogP contribution in [0.2, 0.25) is 5.02 Å². The van der Waals surface area contributed by atoms with Crippen molar-refractivity contribution >= 4 is 40.3 Å². The van der Waals surface area contributed by atoms with Crippen LogP contribution in [0.5, 0.6) is 0 Å². The van der Waals surface area contributed by atoms with Crippen molar-refractivity contribution in [1.82, 2.24) is 14.7 Å². The van der Waals surface area contributed by atoms with Gasteiger partial charge in [-0.15, -0.1) is 0 Å². The monoisotopic (exact) mass is 679 g/mol. The Morgan fingerprint density at radius 3 is 2.02 bits per heavy atom. The summed E-state index contributed by atoms with van der Waals surface area (Å²) in [5.74, 6) is -0.504. The van der Waals surface area contributed by atoms with Crippen molar-refractivity contribution < 1.29 is 14.7 Å². The third-order valence-electron chi connectivity index (χ3n) is 9.72. The van der Waals surface area contributed by atoms with Crippen LogP contribution in [0.4, 0.5) is 10.6 Å². The summed E-state index contributed by atoms with van der Waals surface area (Å²) in [6.45, 7) is 1.96. The molecule has 2 N–H and O–H groups in total. The molecule has 0 saturated carbocycles. The number of amides is 2. The summed E-state index contributed by atoms with van der Waals surface area (Å²) < 4.78 is 1.97. The Hall–Kier alpha value is -5.91. The molecule has 0 unspecified atom stereocenters. The molecule has 0 radical (unpaired) electrons. The molecule has 0 aliphatic carbocycles. The van der Waals surface area contributed by atoms with Gasteiger partial charge < -0.3 is 15.3 Å². The van der Waals surface area contributed by atoms with Gasteiger partial charge in [0.05, 0.1) is 23.1 Å². The lowest BCUT2D eigenvalue weighted by molar-refractivity contribution is -0.121. The summed E-state index contributed by atoms with van der Waals surface area (Å²) in [5.41, 5.74) is 4.58. The second kappa shape index (κ2) is 13.5. The summed E-state index contributed by atoms with van der Waals surface area (Å²) in [5, 5.41) is 29.0. The van der Waals surface area contributed by atoms with Crippen LogP contribution in [0.25, 0.3) is 22.0 Å². The first kappa shape index (κ1) is 32.6. The van der Waals surface area contributed by atoms with E-state index in [9.17, 15) is 20.0 Å². The largest absolute Gasteiger partial charge is 0.465 e. The van der Waals surface area contributed by atoms with Crippen LogP contribution in [0.3, 0.4) is 0 Å². The fourth-order valence-electron chi connectivity index (χ4n) is 7.16. The molecule has 0 bridgehead atoms. The highest BCUT2D eigenvalue weighted by Crippen LogP contribution is 2.44. The minimum Gasteiger partial charge on any atom is -0.465 e. The predicted molar refractivity (Wildman–Crippen MR) is 195 cm³/mol. The number of piperidine rings is 1. The van der Waals surface area contributed by atoms with Crippen molar-refractivity contribution in [3.05, 3.63) is 155 Å². The maximum Gasteiger partial charge on any atom is 0.407 e. The Balaban J connectivity index is 1.48. The first-order valence-electron chi connectivity index (χ1n) is 16.5. The van der Waals surface area contributed by atoms with Gasteiger partial charge in [0.2, 0.25) is 5.91 Å². The second-order valence-corrected chi connectivity index (χ2v) is 13.1. The number of nitriles is 1. The van der Waals surface area contributed by atoms with Crippen LogP contribution in [-0.2, 0) is 10.3 Å². The van der Waals surface area contributed by atoms with Crippen molar-refractivity contribution in [3.8, 4) is 17.2 Å². The average molecular weight is 680 g/mol. The number of hydrogen-bond donors (Lipinski definition) is 2. The zero-order valence-corrected chi connectivity index (χ0v) is 28.1. The molecule has 7 rings (SSSR count). The summed E-state index contributed by atoms with van der Waals surface area (Å²) in [7, 11) is 0. The Morgan fingerprint density at radius 1 is 0.860 bits per heavy atom. The zero-order valence-electron chi connectivity index (χ0n) is 27.3. The number of nitrogens with one attached hydrogen (secondary N) is 1. The highest BCUT2D eigenvalue weighted by molar-refractivity contribution is 6.33. The molecule has 1 saturated heterocycles. The van der Waals surface area contributed by atoms with Gasteiger partial charge in [-0.25, -0.2) is 9.48 Å². The maximum absolute atomic E-state index is 14.0.